The van der Waals surface area contributed by atoms with E-state index >= 15 is 0 Å². The molecule has 0 N–H and O–H groups in total. The second kappa shape index (κ2) is 10.2. The molecule has 0 spiro atoms. The number of carbonyl (C=O) groups is 1. The van der Waals surface area contributed by atoms with Crippen LogP contribution in [0.1, 0.15) is 38.2 Å². The van der Waals surface area contributed by atoms with Crippen LogP contribution in [0.25, 0.3) is 5.57 Å². The van der Waals surface area contributed by atoms with Crippen LogP contribution in [0.15, 0.2) is 71.4 Å². The van der Waals surface area contributed by atoms with Crippen molar-refractivity contribution in [1.29, 1.82) is 0 Å². The maximum Gasteiger partial charge on any atom is 0.338 e. The van der Waals surface area contributed by atoms with Gasteiger partial charge >= 0.3 is 5.97 Å². The molecule has 0 saturated heterocycles. The SMILES string of the molecule is C=C(C(=O)OCCCCCC)c1ccc(/N=N/c2ccccc2)cc1. The number of benzene rings is 2. The molecule has 130 valence electrons. The summed E-state index contributed by atoms with van der Waals surface area (Å²) in [7, 11) is 0. The number of unbranched alkanes of at least 4 members (excludes halogenated alkanes) is 3. The molecule has 2 rings (SSSR count). The normalized spacial score (nSPS) is 10.8. The minimum absolute atomic E-state index is 0.363. The van der Waals surface area contributed by atoms with E-state index < -0.39 is 0 Å². The van der Waals surface area contributed by atoms with Crippen LogP contribution in [0.2, 0.25) is 0 Å². The van der Waals surface area contributed by atoms with Gasteiger partial charge in [0, 0.05) is 0 Å². The Morgan fingerprint density at radius 1 is 0.920 bits per heavy atom. The molecule has 0 aliphatic carbocycles. The van der Waals surface area contributed by atoms with Crippen LogP contribution in [0.5, 0.6) is 0 Å². The number of rotatable bonds is 9. The molecular weight excluding hydrogens is 312 g/mol. The summed E-state index contributed by atoms with van der Waals surface area (Å²) in [6.07, 6.45) is 4.30. The molecule has 0 saturated carbocycles. The van der Waals surface area contributed by atoms with Gasteiger partial charge in [0.25, 0.3) is 0 Å². The number of hydrogen-bond donors (Lipinski definition) is 0. The van der Waals surface area contributed by atoms with Gasteiger partial charge in [0.15, 0.2) is 0 Å². The van der Waals surface area contributed by atoms with Gasteiger partial charge in [0.2, 0.25) is 0 Å². The van der Waals surface area contributed by atoms with Crippen LogP contribution in [-0.2, 0) is 9.53 Å². The molecule has 0 amide bonds. The standard InChI is InChI=1S/C21H24N2O2/c1-3-4-5-9-16-25-21(24)17(2)18-12-14-20(15-13-18)23-22-19-10-7-6-8-11-19/h6-8,10-15H,2-5,9,16H2,1H3/b23-22+. The lowest BCUT2D eigenvalue weighted by Gasteiger charge is -2.07. The number of nitrogens with zero attached hydrogens (tertiary/aromatic N) is 2. The maximum absolute atomic E-state index is 12.0. The van der Waals surface area contributed by atoms with Gasteiger partial charge in [0.1, 0.15) is 0 Å². The third-order valence-electron chi connectivity index (χ3n) is 3.73. The fourth-order valence-electron chi connectivity index (χ4n) is 2.24. The van der Waals surface area contributed by atoms with E-state index in [1.165, 1.54) is 0 Å². The molecule has 4 nitrogen and oxygen atoms in total. The van der Waals surface area contributed by atoms with Gasteiger partial charge in [-0.1, -0.05) is 63.1 Å². The molecule has 0 radical (unpaired) electrons. The van der Waals surface area contributed by atoms with E-state index in [2.05, 4.69) is 23.7 Å². The monoisotopic (exact) mass is 336 g/mol. The zero-order chi connectivity index (χ0) is 17.9. The summed E-state index contributed by atoms with van der Waals surface area (Å²) >= 11 is 0. The predicted molar refractivity (Wildman–Crippen MR) is 101 cm³/mol. The lowest BCUT2D eigenvalue weighted by molar-refractivity contribution is -0.136. The summed E-state index contributed by atoms with van der Waals surface area (Å²) in [6, 6.07) is 16.8. The Hall–Kier alpha value is -2.75. The van der Waals surface area contributed by atoms with Crippen LogP contribution in [0.3, 0.4) is 0 Å². The highest BCUT2D eigenvalue weighted by atomic mass is 16.5. The molecule has 0 unspecified atom stereocenters. The molecule has 2 aromatic rings. The minimum Gasteiger partial charge on any atom is -0.462 e. The van der Waals surface area contributed by atoms with Crippen molar-refractivity contribution in [3.63, 3.8) is 0 Å². The van der Waals surface area contributed by atoms with Crippen molar-refractivity contribution in [2.45, 2.75) is 32.6 Å². The highest BCUT2D eigenvalue weighted by Crippen LogP contribution is 2.21. The Balaban J connectivity index is 1.87. The number of esters is 1. The molecule has 0 aliphatic rings. The maximum atomic E-state index is 12.0. The van der Waals surface area contributed by atoms with Crippen LogP contribution < -0.4 is 0 Å². The molecule has 4 heteroatoms. The van der Waals surface area contributed by atoms with E-state index in [1.54, 1.807) is 12.1 Å². The Morgan fingerprint density at radius 3 is 2.20 bits per heavy atom. The number of azo groups is 1. The lowest BCUT2D eigenvalue weighted by atomic mass is 10.1. The van der Waals surface area contributed by atoms with Crippen LogP contribution in [-0.4, -0.2) is 12.6 Å². The van der Waals surface area contributed by atoms with E-state index in [0.29, 0.717) is 17.9 Å². The molecule has 0 aromatic heterocycles. The average Bonchev–Trinajstić information content (AvgIpc) is 2.66. The number of carbonyl (C=O) groups excluding carboxylic acids is 1. The van der Waals surface area contributed by atoms with Crippen molar-refractivity contribution < 1.29 is 9.53 Å². The van der Waals surface area contributed by atoms with Gasteiger partial charge in [-0.15, -0.1) is 0 Å². The Bertz CT molecular complexity index is 706. The third kappa shape index (κ3) is 6.34. The molecule has 0 bridgehead atoms. The summed E-state index contributed by atoms with van der Waals surface area (Å²) in [5.41, 5.74) is 2.61. The number of hydrogen-bond acceptors (Lipinski definition) is 4. The van der Waals surface area contributed by atoms with E-state index in [1.807, 2.05) is 42.5 Å². The molecule has 0 heterocycles. The fourth-order valence-corrected chi connectivity index (χ4v) is 2.24. The van der Waals surface area contributed by atoms with Gasteiger partial charge in [-0.05, 0) is 36.2 Å². The van der Waals surface area contributed by atoms with Crippen molar-refractivity contribution in [2.75, 3.05) is 6.61 Å². The van der Waals surface area contributed by atoms with Gasteiger partial charge < -0.3 is 4.74 Å². The molecule has 0 aliphatic heterocycles. The zero-order valence-electron chi connectivity index (χ0n) is 14.6. The topological polar surface area (TPSA) is 51.0 Å². The summed E-state index contributed by atoms with van der Waals surface area (Å²) in [6.45, 7) is 6.43. The molecular formula is C21H24N2O2. The van der Waals surface area contributed by atoms with Gasteiger partial charge in [-0.25, -0.2) is 4.79 Å². The predicted octanol–water partition coefficient (Wildman–Crippen LogP) is 6.24. The van der Waals surface area contributed by atoms with Gasteiger partial charge in [0.05, 0.1) is 23.6 Å². The Kier molecular flexibility index (Phi) is 7.57. The molecule has 0 atom stereocenters. The zero-order valence-corrected chi connectivity index (χ0v) is 14.6. The summed E-state index contributed by atoms with van der Waals surface area (Å²) in [5, 5.41) is 8.34. The van der Waals surface area contributed by atoms with Gasteiger partial charge in [-0.2, -0.15) is 10.2 Å². The minimum atomic E-state index is -0.366. The third-order valence-corrected chi connectivity index (χ3v) is 3.73. The smallest absolute Gasteiger partial charge is 0.338 e. The van der Waals surface area contributed by atoms with E-state index in [-0.39, 0.29) is 5.97 Å². The first-order valence-corrected chi connectivity index (χ1v) is 8.64. The number of ether oxygens (including phenoxy) is 1. The molecule has 0 fully saturated rings. The van der Waals surface area contributed by atoms with Crippen molar-refractivity contribution in [3.05, 3.63) is 66.7 Å². The van der Waals surface area contributed by atoms with Crippen molar-refractivity contribution in [2.24, 2.45) is 10.2 Å². The molecule has 25 heavy (non-hydrogen) atoms. The van der Waals surface area contributed by atoms with Gasteiger partial charge in [-0.3, -0.25) is 0 Å². The van der Waals surface area contributed by atoms with Crippen LogP contribution in [0, 0.1) is 0 Å². The highest BCUT2D eigenvalue weighted by Gasteiger charge is 2.10. The van der Waals surface area contributed by atoms with Crippen LogP contribution >= 0.6 is 0 Å². The first-order chi connectivity index (χ1) is 12.2. The summed E-state index contributed by atoms with van der Waals surface area (Å²) < 4.78 is 5.26. The Morgan fingerprint density at radius 2 is 1.56 bits per heavy atom. The van der Waals surface area contributed by atoms with Crippen LogP contribution in [0.4, 0.5) is 11.4 Å². The molecule has 2 aromatic carbocycles. The van der Waals surface area contributed by atoms with E-state index in [4.69, 9.17) is 4.74 Å². The summed E-state index contributed by atoms with van der Waals surface area (Å²) in [5.74, 6) is -0.366. The van der Waals surface area contributed by atoms with Crippen molar-refractivity contribution in [3.8, 4) is 0 Å². The fraction of sp³-hybridized carbons (Fsp3) is 0.286. The lowest BCUT2D eigenvalue weighted by Crippen LogP contribution is -2.07. The largest absolute Gasteiger partial charge is 0.462 e. The quantitative estimate of drug-likeness (QED) is 0.235. The second-order valence-electron chi connectivity index (χ2n) is 5.76. The Labute approximate surface area is 149 Å². The first-order valence-electron chi connectivity index (χ1n) is 8.64. The summed E-state index contributed by atoms with van der Waals surface area (Å²) in [4.78, 5) is 12.0. The van der Waals surface area contributed by atoms with Crippen molar-refractivity contribution in [1.82, 2.24) is 0 Å². The second-order valence-corrected chi connectivity index (χ2v) is 5.76. The van der Waals surface area contributed by atoms with Crippen molar-refractivity contribution >= 4 is 22.9 Å². The van der Waals surface area contributed by atoms with E-state index in [9.17, 15) is 4.79 Å². The first kappa shape index (κ1) is 18.6. The average molecular weight is 336 g/mol. The highest BCUT2D eigenvalue weighted by molar-refractivity contribution is 6.15. The van der Waals surface area contributed by atoms with E-state index in [0.717, 1.165) is 36.9 Å².